The minimum Gasteiger partial charge on any atom is -0.468 e. The van der Waals surface area contributed by atoms with Crippen LogP contribution in [0.4, 0.5) is 0 Å². The van der Waals surface area contributed by atoms with Crippen LogP contribution in [0.25, 0.3) is 10.8 Å². The Kier molecular flexibility index (Phi) is 4.53. The van der Waals surface area contributed by atoms with Crippen LogP contribution < -0.4 is 5.32 Å². The first-order valence-electron chi connectivity index (χ1n) is 6.54. The molecule has 0 radical (unpaired) electrons. The van der Waals surface area contributed by atoms with Gasteiger partial charge >= 0.3 is 5.97 Å². The molecule has 2 rings (SSSR count). The van der Waals surface area contributed by atoms with Gasteiger partial charge < -0.3 is 10.1 Å². The molecule has 19 heavy (non-hydrogen) atoms. The van der Waals surface area contributed by atoms with E-state index in [0.29, 0.717) is 6.54 Å². The molecule has 0 fully saturated rings. The SMILES string of the molecule is CCC(NCc1cccc2ccccc12)C(=O)OC. The fourth-order valence-electron chi connectivity index (χ4n) is 2.22. The van der Waals surface area contributed by atoms with Crippen molar-refractivity contribution in [3.8, 4) is 0 Å². The Morgan fingerprint density at radius 3 is 2.68 bits per heavy atom. The quantitative estimate of drug-likeness (QED) is 0.837. The Bertz CT molecular complexity index is 560. The summed E-state index contributed by atoms with van der Waals surface area (Å²) in [6.07, 6.45) is 0.720. The van der Waals surface area contributed by atoms with E-state index in [0.717, 1.165) is 6.42 Å². The molecule has 0 heterocycles. The summed E-state index contributed by atoms with van der Waals surface area (Å²) >= 11 is 0. The van der Waals surface area contributed by atoms with Crippen molar-refractivity contribution in [1.29, 1.82) is 0 Å². The average molecular weight is 257 g/mol. The Labute approximate surface area is 113 Å². The summed E-state index contributed by atoms with van der Waals surface area (Å²) in [7, 11) is 1.42. The van der Waals surface area contributed by atoms with E-state index in [-0.39, 0.29) is 12.0 Å². The van der Waals surface area contributed by atoms with Crippen LogP contribution in [0, 0.1) is 0 Å². The zero-order valence-corrected chi connectivity index (χ0v) is 11.3. The molecule has 0 aromatic heterocycles. The van der Waals surface area contributed by atoms with Gasteiger partial charge in [0.1, 0.15) is 6.04 Å². The molecule has 1 N–H and O–H groups in total. The molecule has 1 unspecified atom stereocenters. The average Bonchev–Trinajstić information content (AvgIpc) is 2.47. The number of hydrogen-bond donors (Lipinski definition) is 1. The maximum Gasteiger partial charge on any atom is 0.322 e. The molecule has 3 nitrogen and oxygen atoms in total. The lowest BCUT2D eigenvalue weighted by Gasteiger charge is -2.15. The number of benzene rings is 2. The van der Waals surface area contributed by atoms with Gasteiger partial charge in [0.2, 0.25) is 0 Å². The number of methoxy groups -OCH3 is 1. The van der Waals surface area contributed by atoms with Gasteiger partial charge in [-0.3, -0.25) is 4.79 Å². The highest BCUT2D eigenvalue weighted by molar-refractivity contribution is 5.85. The second kappa shape index (κ2) is 6.34. The third-order valence-electron chi connectivity index (χ3n) is 3.31. The predicted octanol–water partition coefficient (Wildman–Crippen LogP) is 2.88. The van der Waals surface area contributed by atoms with Crippen LogP contribution in [0.5, 0.6) is 0 Å². The van der Waals surface area contributed by atoms with Gasteiger partial charge in [0, 0.05) is 6.54 Å². The monoisotopic (exact) mass is 257 g/mol. The van der Waals surface area contributed by atoms with E-state index in [4.69, 9.17) is 4.74 Å². The molecule has 0 spiro atoms. The van der Waals surface area contributed by atoms with E-state index in [1.807, 2.05) is 25.1 Å². The van der Waals surface area contributed by atoms with Crippen LogP contribution >= 0.6 is 0 Å². The van der Waals surface area contributed by atoms with Crippen molar-refractivity contribution in [2.24, 2.45) is 0 Å². The second-order valence-electron chi connectivity index (χ2n) is 4.50. The van der Waals surface area contributed by atoms with Crippen molar-refractivity contribution >= 4 is 16.7 Å². The third kappa shape index (κ3) is 3.12. The summed E-state index contributed by atoms with van der Waals surface area (Å²) in [5, 5.41) is 5.69. The molecule has 3 heteroatoms. The third-order valence-corrected chi connectivity index (χ3v) is 3.31. The molecule has 2 aromatic rings. The van der Waals surface area contributed by atoms with Crippen LogP contribution in [-0.4, -0.2) is 19.1 Å². The van der Waals surface area contributed by atoms with Crippen LogP contribution in [0.1, 0.15) is 18.9 Å². The highest BCUT2D eigenvalue weighted by Gasteiger charge is 2.16. The first-order valence-corrected chi connectivity index (χ1v) is 6.54. The van der Waals surface area contributed by atoms with Gasteiger partial charge in [-0.05, 0) is 22.8 Å². The number of esters is 1. The van der Waals surface area contributed by atoms with Gasteiger partial charge in [0.15, 0.2) is 0 Å². The Hall–Kier alpha value is -1.87. The Morgan fingerprint density at radius 1 is 1.21 bits per heavy atom. The van der Waals surface area contributed by atoms with Crippen molar-refractivity contribution < 1.29 is 9.53 Å². The molecule has 0 aliphatic carbocycles. The van der Waals surface area contributed by atoms with E-state index in [9.17, 15) is 4.79 Å². The Morgan fingerprint density at radius 2 is 1.95 bits per heavy atom. The largest absolute Gasteiger partial charge is 0.468 e. The van der Waals surface area contributed by atoms with E-state index < -0.39 is 0 Å². The number of carbonyl (C=O) groups excluding carboxylic acids is 1. The highest BCUT2D eigenvalue weighted by Crippen LogP contribution is 2.18. The Balaban J connectivity index is 2.15. The lowest BCUT2D eigenvalue weighted by molar-refractivity contribution is -0.143. The van der Waals surface area contributed by atoms with Crippen molar-refractivity contribution in [1.82, 2.24) is 5.32 Å². The van der Waals surface area contributed by atoms with Crippen molar-refractivity contribution in [3.05, 3.63) is 48.0 Å². The van der Waals surface area contributed by atoms with E-state index in [1.165, 1.54) is 23.4 Å². The molecule has 0 aliphatic heterocycles. The summed E-state index contributed by atoms with van der Waals surface area (Å²) in [6.45, 7) is 2.63. The van der Waals surface area contributed by atoms with Crippen LogP contribution in [0.15, 0.2) is 42.5 Å². The van der Waals surface area contributed by atoms with Crippen LogP contribution in [0.3, 0.4) is 0 Å². The van der Waals surface area contributed by atoms with Crippen molar-refractivity contribution in [3.63, 3.8) is 0 Å². The number of rotatable bonds is 5. The predicted molar refractivity (Wildman–Crippen MR) is 76.9 cm³/mol. The van der Waals surface area contributed by atoms with Crippen molar-refractivity contribution in [2.45, 2.75) is 25.9 Å². The normalized spacial score (nSPS) is 12.3. The fraction of sp³-hybridized carbons (Fsp3) is 0.312. The number of fused-ring (bicyclic) bond motifs is 1. The molecule has 0 aliphatic rings. The van der Waals surface area contributed by atoms with Crippen LogP contribution in [0.2, 0.25) is 0 Å². The second-order valence-corrected chi connectivity index (χ2v) is 4.50. The molecule has 2 aromatic carbocycles. The number of carbonyl (C=O) groups is 1. The summed E-state index contributed by atoms with van der Waals surface area (Å²) in [5.74, 6) is -0.206. The zero-order chi connectivity index (χ0) is 13.7. The molecular formula is C16H19NO2. The smallest absolute Gasteiger partial charge is 0.322 e. The fourth-order valence-corrected chi connectivity index (χ4v) is 2.22. The van der Waals surface area contributed by atoms with E-state index in [2.05, 4.69) is 29.6 Å². The van der Waals surface area contributed by atoms with Gasteiger partial charge in [-0.2, -0.15) is 0 Å². The van der Waals surface area contributed by atoms with Gasteiger partial charge in [0.25, 0.3) is 0 Å². The summed E-state index contributed by atoms with van der Waals surface area (Å²) in [5.41, 5.74) is 1.19. The summed E-state index contributed by atoms with van der Waals surface area (Å²) < 4.78 is 4.78. The lowest BCUT2D eigenvalue weighted by atomic mass is 10.0. The number of hydrogen-bond acceptors (Lipinski definition) is 3. The standard InChI is InChI=1S/C16H19NO2/c1-3-15(16(18)19-2)17-11-13-9-6-8-12-7-4-5-10-14(12)13/h4-10,15,17H,3,11H2,1-2H3. The zero-order valence-electron chi connectivity index (χ0n) is 11.3. The molecule has 0 bridgehead atoms. The highest BCUT2D eigenvalue weighted by atomic mass is 16.5. The van der Waals surface area contributed by atoms with E-state index in [1.54, 1.807) is 0 Å². The molecule has 0 saturated carbocycles. The maximum absolute atomic E-state index is 11.5. The number of nitrogens with one attached hydrogen (secondary N) is 1. The van der Waals surface area contributed by atoms with Crippen molar-refractivity contribution in [2.75, 3.05) is 7.11 Å². The van der Waals surface area contributed by atoms with Gasteiger partial charge in [-0.15, -0.1) is 0 Å². The molecular weight excluding hydrogens is 238 g/mol. The van der Waals surface area contributed by atoms with Crippen LogP contribution in [-0.2, 0) is 16.1 Å². The van der Waals surface area contributed by atoms with Gasteiger partial charge in [-0.25, -0.2) is 0 Å². The molecule has 100 valence electrons. The first kappa shape index (κ1) is 13.6. The molecule has 1 atom stereocenters. The molecule has 0 amide bonds. The summed E-state index contributed by atoms with van der Waals surface area (Å²) in [4.78, 5) is 11.5. The first-order chi connectivity index (χ1) is 9.26. The minimum absolute atomic E-state index is 0.206. The van der Waals surface area contributed by atoms with E-state index >= 15 is 0 Å². The topological polar surface area (TPSA) is 38.3 Å². The van der Waals surface area contributed by atoms with Gasteiger partial charge in [-0.1, -0.05) is 49.4 Å². The summed E-state index contributed by atoms with van der Waals surface area (Å²) in [6, 6.07) is 14.2. The maximum atomic E-state index is 11.5. The minimum atomic E-state index is -0.246. The van der Waals surface area contributed by atoms with Gasteiger partial charge in [0.05, 0.1) is 7.11 Å². The number of ether oxygens (including phenoxy) is 1. The lowest BCUT2D eigenvalue weighted by Crippen LogP contribution is -2.36. The molecule has 0 saturated heterocycles.